The van der Waals surface area contributed by atoms with Gasteiger partial charge in [0.2, 0.25) is 5.95 Å². The van der Waals surface area contributed by atoms with Crippen LogP contribution in [0.3, 0.4) is 0 Å². The molecule has 150 valence electrons. The molecular weight excluding hydrogens is 368 g/mol. The molecule has 1 fully saturated rings. The van der Waals surface area contributed by atoms with Gasteiger partial charge in [-0.25, -0.2) is 9.97 Å². The van der Waals surface area contributed by atoms with E-state index < -0.39 is 31.1 Å². The van der Waals surface area contributed by atoms with Gasteiger partial charge in [-0.3, -0.25) is 4.57 Å². The zero-order valence-electron chi connectivity index (χ0n) is 15.1. The first kappa shape index (κ1) is 18.6. The first-order valence-corrected chi connectivity index (χ1v) is 8.90. The van der Waals surface area contributed by atoms with E-state index in [4.69, 9.17) is 10.5 Å². The number of aromatic nitrogens is 6. The fourth-order valence-corrected chi connectivity index (χ4v) is 3.29. The third kappa shape index (κ3) is 3.05. The van der Waals surface area contributed by atoms with E-state index in [1.165, 1.54) is 10.9 Å². The van der Waals surface area contributed by atoms with Gasteiger partial charge in [-0.1, -0.05) is 6.92 Å². The number of nitrogen functional groups attached to an aromatic ring is 1. The molecule has 1 aliphatic rings. The summed E-state index contributed by atoms with van der Waals surface area (Å²) in [5.41, 5.74) is 6.73. The van der Waals surface area contributed by atoms with Crippen LogP contribution >= 0.6 is 0 Å². The van der Waals surface area contributed by atoms with Crippen molar-refractivity contribution in [3.8, 4) is 0 Å². The van der Waals surface area contributed by atoms with Gasteiger partial charge in [-0.05, 0) is 6.42 Å². The lowest BCUT2D eigenvalue weighted by Gasteiger charge is -2.19. The molecule has 0 saturated carbocycles. The van der Waals surface area contributed by atoms with Crippen molar-refractivity contribution in [2.24, 2.45) is 0 Å². The van der Waals surface area contributed by atoms with E-state index in [1.807, 2.05) is 17.7 Å². The van der Waals surface area contributed by atoms with Gasteiger partial charge in [0.1, 0.15) is 30.0 Å². The lowest BCUT2D eigenvalue weighted by atomic mass is 10.1. The van der Waals surface area contributed by atoms with Gasteiger partial charge in [0.15, 0.2) is 17.7 Å². The van der Waals surface area contributed by atoms with Crippen LogP contribution in [0.2, 0.25) is 0 Å². The Morgan fingerprint density at radius 1 is 1.29 bits per heavy atom. The Morgan fingerprint density at radius 3 is 2.75 bits per heavy atom. The highest BCUT2D eigenvalue weighted by molar-refractivity contribution is 5.83. The van der Waals surface area contributed by atoms with Gasteiger partial charge in [0.25, 0.3) is 0 Å². The van der Waals surface area contributed by atoms with Crippen LogP contribution in [0.15, 0.2) is 25.0 Å². The first-order chi connectivity index (χ1) is 13.5. The highest BCUT2D eigenvalue weighted by Gasteiger charge is 2.44. The van der Waals surface area contributed by atoms with E-state index in [2.05, 4.69) is 25.3 Å². The maximum absolute atomic E-state index is 10.3. The Hall–Kier alpha value is -2.80. The number of ether oxygens (including phenoxy) is 1. The van der Waals surface area contributed by atoms with Crippen LogP contribution in [-0.2, 0) is 4.74 Å². The van der Waals surface area contributed by atoms with Crippen LogP contribution in [0.25, 0.3) is 11.2 Å². The smallest absolute Gasteiger partial charge is 0.228 e. The zero-order chi connectivity index (χ0) is 19.8. The van der Waals surface area contributed by atoms with Crippen LogP contribution in [0.1, 0.15) is 25.7 Å². The summed E-state index contributed by atoms with van der Waals surface area (Å²) >= 11 is 0. The molecule has 6 N–H and O–H groups in total. The molecule has 4 heterocycles. The van der Waals surface area contributed by atoms with Gasteiger partial charge in [-0.2, -0.15) is 9.97 Å². The van der Waals surface area contributed by atoms with Crippen LogP contribution in [0.5, 0.6) is 0 Å². The Bertz CT molecular complexity index is 946. The van der Waals surface area contributed by atoms with Crippen LogP contribution in [0.4, 0.5) is 11.8 Å². The summed E-state index contributed by atoms with van der Waals surface area (Å²) in [5.74, 6) is 0.442. The molecule has 3 aromatic heterocycles. The number of hydrogen-bond donors (Lipinski definition) is 5. The normalized spacial score (nSPS) is 26.0. The SMILES string of the molecule is CCC(Nc1nc(N)c2ncn([C@@H]3O[C@H](CO)[C@@H](O)[C@H]3O)c2n1)n1ccnc1. The molecule has 12 heteroatoms. The molecule has 4 rings (SSSR count). The molecule has 0 aliphatic carbocycles. The quantitative estimate of drug-likeness (QED) is 0.360. The van der Waals surface area contributed by atoms with Crippen molar-refractivity contribution in [3.05, 3.63) is 25.0 Å². The molecule has 5 atom stereocenters. The molecule has 0 amide bonds. The topological polar surface area (TPSA) is 169 Å². The molecule has 0 spiro atoms. The van der Waals surface area contributed by atoms with Crippen LogP contribution < -0.4 is 11.1 Å². The molecule has 1 unspecified atom stereocenters. The van der Waals surface area contributed by atoms with Gasteiger partial charge >= 0.3 is 0 Å². The predicted molar refractivity (Wildman–Crippen MR) is 97.9 cm³/mol. The molecule has 28 heavy (non-hydrogen) atoms. The van der Waals surface area contributed by atoms with E-state index in [-0.39, 0.29) is 17.9 Å². The van der Waals surface area contributed by atoms with E-state index >= 15 is 0 Å². The number of fused-ring (bicyclic) bond motifs is 1. The van der Waals surface area contributed by atoms with Gasteiger partial charge in [0.05, 0.1) is 19.3 Å². The summed E-state index contributed by atoms with van der Waals surface area (Å²) in [6, 6.07) is 0. The number of anilines is 2. The number of hydrogen-bond acceptors (Lipinski definition) is 10. The summed E-state index contributed by atoms with van der Waals surface area (Å²) in [5, 5.41) is 32.8. The number of imidazole rings is 2. The fourth-order valence-electron chi connectivity index (χ4n) is 3.29. The summed E-state index contributed by atoms with van der Waals surface area (Å²) in [7, 11) is 0. The molecule has 3 aromatic rings. The molecule has 1 saturated heterocycles. The van der Waals surface area contributed by atoms with Crippen molar-refractivity contribution in [3.63, 3.8) is 0 Å². The molecule has 0 radical (unpaired) electrons. The van der Waals surface area contributed by atoms with Gasteiger partial charge in [0, 0.05) is 12.4 Å². The summed E-state index contributed by atoms with van der Waals surface area (Å²) in [4.78, 5) is 17.0. The summed E-state index contributed by atoms with van der Waals surface area (Å²) in [6.07, 6.45) is 2.86. The number of nitrogens with one attached hydrogen (secondary N) is 1. The van der Waals surface area contributed by atoms with E-state index in [0.717, 1.165) is 6.42 Å². The molecule has 12 nitrogen and oxygen atoms in total. The highest BCUT2D eigenvalue weighted by atomic mass is 16.6. The van der Waals surface area contributed by atoms with Crippen LogP contribution in [-0.4, -0.2) is 69.3 Å². The van der Waals surface area contributed by atoms with E-state index in [1.54, 1.807) is 12.5 Å². The largest absolute Gasteiger partial charge is 0.394 e. The maximum atomic E-state index is 10.3. The standard InChI is InChI=1S/C16H22N8O4/c1-2-9(23-4-3-18-6-23)20-16-21-13(17)10-14(22-16)24(7-19-10)15-12(27)11(26)8(5-25)28-15/h3-4,6-9,11-12,15,25-27H,2,5H2,1H3,(H3,17,20,21,22)/t8-,9?,11-,12-,15-/m1/s1. The van der Waals surface area contributed by atoms with Crippen LogP contribution in [0, 0.1) is 0 Å². The van der Waals surface area contributed by atoms with Gasteiger partial charge in [-0.15, -0.1) is 0 Å². The number of nitrogens with zero attached hydrogens (tertiary/aromatic N) is 6. The van der Waals surface area contributed by atoms with E-state index in [9.17, 15) is 15.3 Å². The monoisotopic (exact) mass is 390 g/mol. The lowest BCUT2D eigenvalue weighted by Crippen LogP contribution is -2.33. The Labute approximate surface area is 159 Å². The second-order valence-corrected chi connectivity index (χ2v) is 6.56. The lowest BCUT2D eigenvalue weighted by molar-refractivity contribution is -0.0511. The number of nitrogens with two attached hydrogens (primary N) is 1. The minimum Gasteiger partial charge on any atom is -0.394 e. The zero-order valence-corrected chi connectivity index (χ0v) is 15.1. The number of aliphatic hydroxyl groups excluding tert-OH is 3. The van der Waals surface area contributed by atoms with Crippen molar-refractivity contribution < 1.29 is 20.1 Å². The summed E-state index contributed by atoms with van der Waals surface area (Å²) < 4.78 is 8.92. The molecular formula is C16H22N8O4. The van der Waals surface area contributed by atoms with Crippen molar-refractivity contribution >= 4 is 22.9 Å². The van der Waals surface area contributed by atoms with Gasteiger partial charge < -0.3 is 35.7 Å². The Kier molecular flexibility index (Phi) is 4.85. The highest BCUT2D eigenvalue weighted by Crippen LogP contribution is 2.32. The second-order valence-electron chi connectivity index (χ2n) is 6.56. The number of aliphatic hydroxyl groups is 3. The maximum Gasteiger partial charge on any atom is 0.228 e. The van der Waals surface area contributed by atoms with Crippen molar-refractivity contribution in [2.75, 3.05) is 17.7 Å². The average Bonchev–Trinajstić information content (AvgIpc) is 3.41. The molecule has 1 aliphatic heterocycles. The minimum absolute atomic E-state index is 0.135. The minimum atomic E-state index is -1.25. The molecule has 0 bridgehead atoms. The second kappa shape index (κ2) is 7.31. The fraction of sp³-hybridized carbons (Fsp3) is 0.500. The Morgan fingerprint density at radius 2 is 2.11 bits per heavy atom. The van der Waals surface area contributed by atoms with Crippen molar-refractivity contribution in [1.29, 1.82) is 0 Å². The Balaban J connectivity index is 1.69. The van der Waals surface area contributed by atoms with E-state index in [0.29, 0.717) is 11.2 Å². The predicted octanol–water partition coefficient (Wildman–Crippen LogP) is -0.763. The van der Waals surface area contributed by atoms with Crippen molar-refractivity contribution in [2.45, 2.75) is 44.1 Å². The third-order valence-electron chi connectivity index (χ3n) is 4.81. The average molecular weight is 390 g/mol. The first-order valence-electron chi connectivity index (χ1n) is 8.90. The third-order valence-corrected chi connectivity index (χ3v) is 4.81. The number of rotatable bonds is 6. The summed E-state index contributed by atoms with van der Waals surface area (Å²) in [6.45, 7) is 1.58. The van der Waals surface area contributed by atoms with Crippen molar-refractivity contribution in [1.82, 2.24) is 29.1 Å². The molecule has 0 aromatic carbocycles.